The molecule has 0 rings (SSSR count). The number of carboxylic acids is 1. The van der Waals surface area contributed by atoms with Gasteiger partial charge in [0.2, 0.25) is 19.6 Å². The molecule has 0 heterocycles. The maximum atomic E-state index is 9.00. The van der Waals surface area contributed by atoms with Crippen LogP contribution in [0.3, 0.4) is 0 Å². The van der Waals surface area contributed by atoms with Crippen LogP contribution < -0.4 is 19.6 Å². The number of aliphatic hydroxyl groups is 4. The fourth-order valence-electron chi connectivity index (χ4n) is 0.300. The molecule has 0 aromatic carbocycles. The summed E-state index contributed by atoms with van der Waals surface area (Å²) in [4.78, 5) is 17.0. The van der Waals surface area contributed by atoms with Crippen LogP contribution in [-0.2, 0) is 4.79 Å². The Morgan fingerprint density at radius 1 is 0.680 bits per heavy atom. The molecule has 0 aromatic heterocycles. The summed E-state index contributed by atoms with van der Waals surface area (Å²) in [5.41, 5.74) is 42.9. The summed E-state index contributed by atoms with van der Waals surface area (Å²) >= 11 is 0. The van der Waals surface area contributed by atoms with Crippen LogP contribution in [0, 0.1) is 49.7 Å². The lowest BCUT2D eigenvalue weighted by Gasteiger charge is -2.23. The molecule has 0 aromatic rings. The molecule has 25 heavy (non-hydrogen) atoms. The molecule has 13 N–H and O–H groups in total. The molecular weight excluding hydrogens is 348 g/mol. The topological polar surface area (TPSA) is 365 Å². The first-order valence-electron chi connectivity index (χ1n) is 5.40. The lowest BCUT2D eigenvalue weighted by atomic mass is 9.93. The molecule has 0 amide bonds. The van der Waals surface area contributed by atoms with Crippen molar-refractivity contribution >= 4 is 5.97 Å². The minimum Gasteiger partial charge on any atom is -0.481 e. The minimum atomic E-state index is -1.11. The van der Waals surface area contributed by atoms with E-state index in [1.54, 1.807) is 0 Å². The van der Waals surface area contributed by atoms with Gasteiger partial charge in [-0.2, -0.15) is 0 Å². The van der Waals surface area contributed by atoms with Crippen molar-refractivity contribution in [2.45, 2.75) is 6.92 Å². The Bertz CT molecular complexity index is 344. The summed E-state index contributed by atoms with van der Waals surface area (Å²) in [6.07, 6.45) is 0. The van der Waals surface area contributed by atoms with E-state index in [1.165, 1.54) is 0 Å². The number of rotatable bonds is 4. The second-order valence-electron chi connectivity index (χ2n) is 3.10. The molecule has 144 valence electrons. The zero-order chi connectivity index (χ0) is 21.7. The van der Waals surface area contributed by atoms with Crippen molar-refractivity contribution < 1.29 is 30.3 Å². The number of nitrogens with zero attached hydrogens (tertiary/aromatic N) is 4. The maximum absolute atomic E-state index is 9.00. The third kappa shape index (κ3) is 96.7. The van der Waals surface area contributed by atoms with E-state index in [0.29, 0.717) is 0 Å². The quantitative estimate of drug-likeness (QED) is 0.205. The summed E-state index contributed by atoms with van der Waals surface area (Å²) in [5.74, 6) is -0.833. The normalized spacial score (nSPS) is 6.60. The van der Waals surface area contributed by atoms with Crippen LogP contribution in [0.15, 0.2) is 0 Å². The van der Waals surface area contributed by atoms with Crippen molar-refractivity contribution in [2.24, 2.45) is 5.41 Å². The maximum Gasteiger partial charge on any atom is 0.300 e. The monoisotopic (exact) mass is 372 g/mol. The van der Waals surface area contributed by atoms with E-state index in [4.69, 9.17) is 74.6 Å². The first kappa shape index (κ1) is 37.6. The van der Waals surface area contributed by atoms with E-state index in [2.05, 4.69) is 0 Å². The Hall–Kier alpha value is -3.45. The average molecular weight is 372 g/mol. The minimum absolute atomic E-state index is 0.406. The lowest BCUT2D eigenvalue weighted by molar-refractivity contribution is -0.134. The third-order valence-corrected chi connectivity index (χ3v) is 1.34. The van der Waals surface area contributed by atoms with Crippen LogP contribution >= 0.6 is 0 Å². The van der Waals surface area contributed by atoms with Gasteiger partial charge in [0.15, 0.2) is 0 Å². The van der Waals surface area contributed by atoms with Gasteiger partial charge in [0.1, 0.15) is 44.2 Å². The highest BCUT2D eigenvalue weighted by Gasteiger charge is 2.26. The van der Waals surface area contributed by atoms with Crippen molar-refractivity contribution in [1.82, 2.24) is 19.6 Å². The molecule has 0 radical (unpaired) electrons. The molecule has 0 saturated carbocycles. The Morgan fingerprint density at radius 3 is 0.760 bits per heavy atom. The van der Waals surface area contributed by atoms with Gasteiger partial charge in [0.05, 0.1) is 31.8 Å². The van der Waals surface area contributed by atoms with Crippen molar-refractivity contribution in [1.29, 1.82) is 44.2 Å². The van der Waals surface area contributed by atoms with Crippen LogP contribution in [0.1, 0.15) is 6.92 Å². The van der Waals surface area contributed by atoms with Crippen molar-refractivity contribution in [3.05, 3.63) is 0 Å². The van der Waals surface area contributed by atoms with Crippen LogP contribution in [-0.4, -0.2) is 57.9 Å². The zero-order valence-corrected chi connectivity index (χ0v) is 13.3. The molecule has 0 fully saturated rings. The van der Waals surface area contributed by atoms with Crippen molar-refractivity contribution in [2.75, 3.05) is 26.4 Å². The fraction of sp³-hybridized carbons (Fsp3) is 0.857. The molecule has 0 bridgehead atoms. The van der Waals surface area contributed by atoms with Crippen LogP contribution in [0.4, 0.5) is 0 Å². The first-order chi connectivity index (χ1) is 11.6. The first-order valence-corrected chi connectivity index (χ1v) is 5.40. The Labute approximate surface area is 140 Å². The Balaban J connectivity index is -0.0000000478. The van der Waals surface area contributed by atoms with Gasteiger partial charge in [0, 0.05) is 6.92 Å². The highest BCUT2D eigenvalue weighted by molar-refractivity contribution is 5.62. The molecule has 0 atom stereocenters. The molecule has 0 aliphatic rings. The standard InChI is InChI=1S/C5H12O4.C2H4O2.4H2N3/c6-1-5(2-7,3-8)4-9;1-2(3)4;4*1-3-2/h6-9H,1-4H2;1H3,(H,3,4);4*1-2H/q;;4*+1. The second-order valence-corrected chi connectivity index (χ2v) is 3.10. The second kappa shape index (κ2) is 42.8. The highest BCUT2D eigenvalue weighted by Crippen LogP contribution is 2.11. The number of hydrogen-bond donors (Lipinski definition) is 13. The van der Waals surface area contributed by atoms with Gasteiger partial charge in [-0.3, -0.25) is 4.79 Å². The van der Waals surface area contributed by atoms with E-state index in [1.807, 2.05) is 19.6 Å². The number of hydrogen-bond acceptors (Lipinski definition) is 13. The summed E-state index contributed by atoms with van der Waals surface area (Å²) in [6.45, 7) is -0.542. The number of aliphatic carboxylic acids is 1. The van der Waals surface area contributed by atoms with Gasteiger partial charge in [-0.1, -0.05) is 0 Å². The zero-order valence-electron chi connectivity index (χ0n) is 13.3. The summed E-state index contributed by atoms with van der Waals surface area (Å²) in [5, 5.41) is 41.4. The van der Waals surface area contributed by atoms with Crippen molar-refractivity contribution in [3.8, 4) is 0 Å². The lowest BCUT2D eigenvalue weighted by Crippen LogP contribution is -2.37. The van der Waals surface area contributed by atoms with Gasteiger partial charge in [-0.25, -0.2) is 0 Å². The van der Waals surface area contributed by atoms with E-state index < -0.39 is 37.8 Å². The molecule has 0 aliphatic heterocycles. The summed E-state index contributed by atoms with van der Waals surface area (Å²) in [6, 6.07) is 0. The predicted molar refractivity (Wildman–Crippen MR) is 74.4 cm³/mol. The Kier molecular flexibility index (Phi) is 64.4. The van der Waals surface area contributed by atoms with E-state index in [9.17, 15) is 0 Å². The van der Waals surface area contributed by atoms with E-state index in [0.717, 1.165) is 6.92 Å². The molecule has 18 heteroatoms. The van der Waals surface area contributed by atoms with Gasteiger partial charge < -0.3 is 25.5 Å². The fourth-order valence-corrected chi connectivity index (χ4v) is 0.300. The van der Waals surface area contributed by atoms with E-state index in [-0.39, 0.29) is 0 Å². The summed E-state index contributed by atoms with van der Waals surface area (Å²) < 4.78 is 0. The predicted octanol–water partition coefficient (Wildman–Crippen LogP) is -1.50. The van der Waals surface area contributed by atoms with Gasteiger partial charge in [-0.05, 0) is 0 Å². The van der Waals surface area contributed by atoms with Crippen LogP contribution in [0.25, 0.3) is 0 Å². The molecule has 0 saturated heterocycles. The molecule has 18 nitrogen and oxygen atoms in total. The number of nitrogens with one attached hydrogen (secondary N) is 8. The number of carbonyl (C=O) groups is 1. The van der Waals surface area contributed by atoms with Gasteiger partial charge in [-0.15, -0.1) is 0 Å². The molecule has 0 aliphatic carbocycles. The van der Waals surface area contributed by atoms with Gasteiger partial charge in [0.25, 0.3) is 5.97 Å². The smallest absolute Gasteiger partial charge is 0.300 e. The highest BCUT2D eigenvalue weighted by atomic mass is 16.4. The third-order valence-electron chi connectivity index (χ3n) is 1.34. The Morgan fingerprint density at radius 2 is 0.760 bits per heavy atom. The summed E-state index contributed by atoms with van der Waals surface area (Å²) in [7, 11) is 0. The average Bonchev–Trinajstić information content (AvgIpc) is 2.53. The molecular formula is C7H24N12O6+4. The van der Waals surface area contributed by atoms with Gasteiger partial charge >= 0.3 is 0 Å². The number of aliphatic hydroxyl groups excluding tert-OH is 4. The van der Waals surface area contributed by atoms with Crippen molar-refractivity contribution in [3.63, 3.8) is 0 Å². The van der Waals surface area contributed by atoms with E-state index >= 15 is 0 Å². The SMILES string of the molecule is CC(=O)O.N=[N+]=N.N=[N+]=N.N=[N+]=N.N=[N+]=N.OCC(CO)(CO)CO. The number of carboxylic acid groups (broad SMARTS) is 1. The largest absolute Gasteiger partial charge is 0.481 e. The molecule has 0 unspecified atom stereocenters. The molecule has 0 spiro atoms. The van der Waals surface area contributed by atoms with Crippen LogP contribution in [0.2, 0.25) is 0 Å². The van der Waals surface area contributed by atoms with Crippen LogP contribution in [0.5, 0.6) is 0 Å².